The number of amides is 2. The van der Waals surface area contributed by atoms with Gasteiger partial charge >= 0.3 is 12.2 Å². The van der Waals surface area contributed by atoms with Gasteiger partial charge in [0.1, 0.15) is 48.1 Å². The van der Waals surface area contributed by atoms with Gasteiger partial charge in [-0.05, 0) is 47.6 Å². The van der Waals surface area contributed by atoms with Crippen LogP contribution in [-0.4, -0.2) is 132 Å². The van der Waals surface area contributed by atoms with Crippen molar-refractivity contribution in [1.29, 1.82) is 0 Å². The molecule has 23 heteroatoms. The number of piperazine rings is 1. The first-order chi connectivity index (χ1) is 39.0. The predicted molar refractivity (Wildman–Crippen MR) is 294 cm³/mol. The van der Waals surface area contributed by atoms with Crippen LogP contribution < -0.4 is 25.0 Å². The average molecular weight is 1130 g/mol. The minimum Gasteiger partial charge on any atom is -0.486 e. The highest BCUT2D eigenvalue weighted by Crippen LogP contribution is 2.52. The molecule has 3 aromatic heterocycles. The van der Waals surface area contributed by atoms with E-state index in [1.807, 2.05) is 73.3 Å². The minimum atomic E-state index is -5.04. The highest BCUT2D eigenvalue weighted by Gasteiger charge is 2.45. The first kappa shape index (κ1) is 55.2. The molecular weight excluding hydrogens is 1070 g/mol. The zero-order valence-corrected chi connectivity index (χ0v) is 45.2. The number of carbonyl (C=O) groups is 2. The molecule has 6 heterocycles. The topological polar surface area (TPSA) is 218 Å². The number of methoxy groups -OCH3 is 1. The van der Waals surface area contributed by atoms with Crippen molar-refractivity contribution in [2.75, 3.05) is 44.9 Å². The van der Waals surface area contributed by atoms with E-state index >= 15 is 17.6 Å². The summed E-state index contributed by atoms with van der Waals surface area (Å²) in [7, 11) is 1.51. The van der Waals surface area contributed by atoms with Crippen LogP contribution in [0.15, 0.2) is 103 Å². The molecule has 7 atom stereocenters. The molecule has 0 saturated carbocycles. The molecule has 0 radical (unpaired) electrons. The van der Waals surface area contributed by atoms with Crippen LogP contribution in [0.4, 0.5) is 23.4 Å². The molecule has 18 nitrogen and oxygen atoms in total. The van der Waals surface area contributed by atoms with E-state index in [1.54, 1.807) is 37.4 Å². The van der Waals surface area contributed by atoms with Gasteiger partial charge in [0.05, 0.1) is 53.4 Å². The fourth-order valence-corrected chi connectivity index (χ4v) is 11.4. The number of carbonyl (C=O) groups excluding carboxylic acids is 2. The van der Waals surface area contributed by atoms with Gasteiger partial charge in [-0.15, -0.1) is 5.10 Å². The Hall–Kier alpha value is -7.76. The van der Waals surface area contributed by atoms with Crippen molar-refractivity contribution < 1.29 is 51.6 Å². The number of fused-ring (bicyclic) bond motifs is 4. The lowest BCUT2D eigenvalue weighted by Crippen LogP contribution is -2.50. The Balaban J connectivity index is 0.882. The number of aliphatic hydroxyl groups excluding tert-OH is 2. The molecule has 3 fully saturated rings. The van der Waals surface area contributed by atoms with Crippen molar-refractivity contribution in [3.63, 3.8) is 0 Å². The molecule has 3 aliphatic heterocycles. The lowest BCUT2D eigenvalue weighted by molar-refractivity contribution is -0.142. The summed E-state index contributed by atoms with van der Waals surface area (Å²) in [5, 5.41) is 42.5. The molecule has 5 N–H and O–H groups in total. The first-order valence-corrected chi connectivity index (χ1v) is 27.0. The van der Waals surface area contributed by atoms with Gasteiger partial charge in [0.25, 0.3) is 0 Å². The number of nitrogens with zero attached hydrogens (tertiary/aromatic N) is 8. The monoisotopic (exact) mass is 1130 g/mol. The third-order valence-corrected chi connectivity index (χ3v) is 15.7. The fraction of sp³-hybridized carbons (Fsp3) is 0.362. The van der Waals surface area contributed by atoms with Crippen LogP contribution in [0.3, 0.4) is 0 Å². The Labute approximate surface area is 467 Å². The largest absolute Gasteiger partial charge is 0.486 e. The fourth-order valence-electron chi connectivity index (χ4n) is 11.1. The summed E-state index contributed by atoms with van der Waals surface area (Å²) >= 11 is 6.69. The number of β-amino-alcohol motifs (C(OH)–C–C–N with tert-alkyl or cyclic N) is 1. The van der Waals surface area contributed by atoms with E-state index in [0.717, 1.165) is 29.7 Å². The van der Waals surface area contributed by atoms with Gasteiger partial charge in [-0.2, -0.15) is 28.2 Å². The second-order valence-electron chi connectivity index (χ2n) is 21.1. The molecule has 3 aliphatic rings. The molecule has 422 valence electrons. The molecule has 8 aromatic rings. The standard InChI is InChI=1S/C58H58ClF4N11O7/c1-30(2)52(56(78)73-25-39(76)19-47(73)55(77)66-46(27-75)36-16-14-34(15-17-36)33-8-6-5-7-9-33)74-26-45(70-71-74)35-12-10-32(11-13-35)29-80-53-49(48-41-23-65-69-44(41)21-43(60)50(48)59)42(58(61,62)63)20-40-51(53)67-57(81-28-31(3)79-4)68-54(40)72-24-37-18-38(72)22-64-37/h5-17,20-21,23,26,30-31,37-39,46-47,52,64,75-76H,18-19,22,24-25,27-29H2,1-4H3,(H,65,69)(H,66,77)/t31-,37-,38-,39+,46-,47-,52-/m0/s1. The van der Waals surface area contributed by atoms with Gasteiger partial charge in [-0.1, -0.05) is 110 Å². The summed E-state index contributed by atoms with van der Waals surface area (Å²) in [5.41, 5.74) is 2.12. The Morgan fingerprint density at radius 2 is 1.65 bits per heavy atom. The summed E-state index contributed by atoms with van der Waals surface area (Å²) in [6.45, 7) is 5.68. The Bertz CT molecular complexity index is 3610. The number of hydrogen-bond acceptors (Lipinski definition) is 14. The predicted octanol–water partition coefficient (Wildman–Crippen LogP) is 8.46. The minimum absolute atomic E-state index is 0.0136. The maximum atomic E-state index is 15.8. The average Bonchev–Trinajstić information content (AvgIpc) is 3.76. The Kier molecular flexibility index (Phi) is 15.4. The van der Waals surface area contributed by atoms with E-state index in [1.165, 1.54) is 22.9 Å². The van der Waals surface area contributed by atoms with Crippen molar-refractivity contribution >= 4 is 51.0 Å². The highest BCUT2D eigenvalue weighted by atomic mass is 35.5. The van der Waals surface area contributed by atoms with Crippen molar-refractivity contribution in [1.82, 2.24) is 50.7 Å². The quantitative estimate of drug-likeness (QED) is 0.0510. The summed E-state index contributed by atoms with van der Waals surface area (Å²) in [5.74, 6) is -2.47. The molecular formula is C58H58ClF4N11O7. The van der Waals surface area contributed by atoms with Crippen LogP contribution >= 0.6 is 11.6 Å². The smallest absolute Gasteiger partial charge is 0.417 e. The maximum absolute atomic E-state index is 15.8. The number of hydrogen-bond donors (Lipinski definition) is 5. The van der Waals surface area contributed by atoms with E-state index in [9.17, 15) is 19.8 Å². The number of likely N-dealkylation sites (tertiary alicyclic amines) is 1. The second kappa shape index (κ2) is 22.6. The van der Waals surface area contributed by atoms with Crippen molar-refractivity contribution in [2.45, 2.75) is 88.8 Å². The number of aromatic amines is 1. The lowest BCUT2D eigenvalue weighted by Gasteiger charge is -2.30. The lowest BCUT2D eigenvalue weighted by atomic mass is 9.93. The molecule has 0 unspecified atom stereocenters. The van der Waals surface area contributed by atoms with Crippen molar-refractivity contribution in [3.8, 4) is 45.3 Å². The van der Waals surface area contributed by atoms with Crippen LogP contribution in [0.2, 0.25) is 5.02 Å². The summed E-state index contributed by atoms with van der Waals surface area (Å²) in [6, 6.07) is 23.2. The van der Waals surface area contributed by atoms with Gasteiger partial charge in [0.2, 0.25) is 11.8 Å². The zero-order chi connectivity index (χ0) is 56.9. The summed E-state index contributed by atoms with van der Waals surface area (Å²) in [4.78, 5) is 41.3. The third kappa shape index (κ3) is 11.0. The van der Waals surface area contributed by atoms with E-state index in [4.69, 9.17) is 35.8 Å². The first-order valence-electron chi connectivity index (χ1n) is 26.6. The number of aliphatic hydroxyl groups is 2. The van der Waals surface area contributed by atoms with Gasteiger partial charge in [-0.3, -0.25) is 14.7 Å². The number of aromatic nitrogens is 7. The van der Waals surface area contributed by atoms with Crippen molar-refractivity contribution in [3.05, 3.63) is 131 Å². The Morgan fingerprint density at radius 1 is 0.914 bits per heavy atom. The number of alkyl halides is 3. The van der Waals surface area contributed by atoms with Crippen LogP contribution in [0, 0.1) is 11.7 Å². The number of ether oxygens (including phenoxy) is 3. The van der Waals surface area contributed by atoms with Gasteiger partial charge in [0, 0.05) is 78.8 Å². The molecule has 2 bridgehead atoms. The molecule has 0 spiro atoms. The molecule has 5 aromatic carbocycles. The second-order valence-corrected chi connectivity index (χ2v) is 21.5. The van der Waals surface area contributed by atoms with E-state index in [0.29, 0.717) is 35.5 Å². The SMILES string of the molecule is CO[C@@H](C)COc1nc(N2C[C@@H]3C[C@H]2CN3)c2cc(C(F)(F)F)c(-c3c(Cl)c(F)cc4[nH]ncc34)c(OCc3ccc(-c4cn([C@H](C(=O)N5C[C@H](O)C[C@H]5C(=O)N[C@@H](CO)c5ccc(-c6ccccc6)cc5)C(C)C)nn4)cc3)c2n1. The summed E-state index contributed by atoms with van der Waals surface area (Å²) in [6.07, 6.45) is -2.81. The number of rotatable bonds is 18. The molecule has 3 saturated heterocycles. The highest BCUT2D eigenvalue weighted by molar-refractivity contribution is 6.35. The van der Waals surface area contributed by atoms with Gasteiger partial charge in [-0.25, -0.2) is 9.07 Å². The summed E-state index contributed by atoms with van der Waals surface area (Å²) < 4.78 is 82.6. The van der Waals surface area contributed by atoms with Crippen LogP contribution in [0.5, 0.6) is 11.8 Å². The Morgan fingerprint density at radius 3 is 2.33 bits per heavy atom. The number of nitrogens with one attached hydrogen (secondary N) is 3. The normalized spacial score (nSPS) is 19.2. The zero-order valence-electron chi connectivity index (χ0n) is 44.5. The number of benzene rings is 5. The van der Waals surface area contributed by atoms with Gasteiger partial charge in [0.15, 0.2) is 5.75 Å². The number of halogens is 5. The van der Waals surface area contributed by atoms with Gasteiger partial charge < -0.3 is 44.9 Å². The van der Waals surface area contributed by atoms with E-state index in [2.05, 4.69) is 31.1 Å². The molecule has 81 heavy (non-hydrogen) atoms. The molecule has 0 aliphatic carbocycles. The molecule has 2 amide bonds. The van der Waals surface area contributed by atoms with E-state index in [-0.39, 0.29) is 89.1 Å². The third-order valence-electron chi connectivity index (χ3n) is 15.4. The number of anilines is 1. The van der Waals surface area contributed by atoms with Crippen molar-refractivity contribution in [2.24, 2.45) is 5.92 Å². The molecule has 11 rings (SSSR count). The van der Waals surface area contributed by atoms with Crippen LogP contribution in [0.1, 0.15) is 62.4 Å². The maximum Gasteiger partial charge on any atom is 0.417 e. The van der Waals surface area contributed by atoms with Crippen LogP contribution in [-0.2, 0) is 27.1 Å². The number of H-pyrrole nitrogens is 1. The van der Waals surface area contributed by atoms with E-state index < -0.39 is 76.9 Å². The van der Waals surface area contributed by atoms with Crippen LogP contribution in [0.25, 0.3) is 55.3 Å².